The van der Waals surface area contributed by atoms with Gasteiger partial charge in [0.2, 0.25) is 0 Å². The van der Waals surface area contributed by atoms with Crippen LogP contribution in [0.25, 0.3) is 0 Å². The molecule has 0 N–H and O–H groups in total. The molecule has 5 heteroatoms. The molecule has 1 aliphatic carbocycles. The van der Waals surface area contributed by atoms with Crippen molar-refractivity contribution in [2.45, 2.75) is 12.8 Å². The van der Waals surface area contributed by atoms with Gasteiger partial charge in [-0.25, -0.2) is 9.78 Å². The number of fused-ring (bicyclic) bond motifs is 1. The summed E-state index contributed by atoms with van der Waals surface area (Å²) in [6, 6.07) is 7.84. The van der Waals surface area contributed by atoms with E-state index in [-0.39, 0.29) is 0 Å². The van der Waals surface area contributed by atoms with E-state index >= 15 is 0 Å². The van der Waals surface area contributed by atoms with E-state index in [1.54, 1.807) is 0 Å². The third-order valence-electron chi connectivity index (χ3n) is 2.31. The second-order valence-corrected chi connectivity index (χ2v) is 3.36. The Morgan fingerprint density at radius 1 is 0.938 bits per heavy atom. The first-order valence-electron chi connectivity index (χ1n) is 5.07. The van der Waals surface area contributed by atoms with Gasteiger partial charge in [-0.05, 0) is 22.1 Å². The molecule has 5 nitrogen and oxygen atoms in total. The van der Waals surface area contributed by atoms with Crippen LogP contribution in [-0.4, -0.2) is 19.0 Å². The molecule has 0 amide bonds. The van der Waals surface area contributed by atoms with Gasteiger partial charge in [-0.15, -0.1) is 0 Å². The smallest absolute Gasteiger partial charge is 0.163 e. The highest BCUT2D eigenvalue weighted by molar-refractivity contribution is 6.00. The average Bonchev–Trinajstić information content (AvgIpc) is 2.75. The van der Waals surface area contributed by atoms with Crippen molar-refractivity contribution in [3.8, 4) is 0 Å². The Labute approximate surface area is 92.7 Å². The minimum Gasteiger partial charge on any atom is -0.294 e. The molecular formula is C11H12O5. The van der Waals surface area contributed by atoms with E-state index in [4.69, 9.17) is 0 Å². The number of hydrogen-bond acceptors (Lipinski definition) is 5. The number of hydrogen-bond donors (Lipinski definition) is 0. The number of ketones is 1. The van der Waals surface area contributed by atoms with Gasteiger partial charge >= 0.3 is 0 Å². The van der Waals surface area contributed by atoms with Gasteiger partial charge in [0.15, 0.2) is 5.78 Å². The number of rotatable bonds is 0. The molecule has 1 heterocycles. The van der Waals surface area contributed by atoms with E-state index < -0.39 is 0 Å². The van der Waals surface area contributed by atoms with Crippen molar-refractivity contribution >= 4 is 5.78 Å². The molecule has 16 heavy (non-hydrogen) atoms. The first kappa shape index (κ1) is 11.2. The highest BCUT2D eigenvalue weighted by Crippen LogP contribution is 2.20. The van der Waals surface area contributed by atoms with Crippen LogP contribution in [0, 0.1) is 0 Å². The molecule has 2 aliphatic rings. The Hall–Kier alpha value is -1.27. The molecule has 0 unspecified atom stereocenters. The largest absolute Gasteiger partial charge is 0.294 e. The molecule has 1 saturated heterocycles. The Kier molecular flexibility index (Phi) is 4.01. The standard InChI is InChI=1S/C9H8O.C2H4O4/c10-9-6-5-7-3-1-2-4-8(7)9;1-2-4-6-5-3-1/h1-4H,5-6H2;1-2H2. The number of carbonyl (C=O) groups is 1. The molecule has 0 aromatic heterocycles. The molecule has 1 aromatic rings. The van der Waals surface area contributed by atoms with Crippen LogP contribution in [0.2, 0.25) is 0 Å². The van der Waals surface area contributed by atoms with Gasteiger partial charge in [0, 0.05) is 12.0 Å². The summed E-state index contributed by atoms with van der Waals surface area (Å²) in [6.07, 6.45) is 1.65. The Balaban J connectivity index is 0.000000138. The lowest BCUT2D eigenvalue weighted by molar-refractivity contribution is -0.663. The van der Waals surface area contributed by atoms with Gasteiger partial charge < -0.3 is 0 Å². The van der Waals surface area contributed by atoms with E-state index in [0.29, 0.717) is 25.4 Å². The molecule has 0 radical (unpaired) electrons. The zero-order valence-electron chi connectivity index (χ0n) is 8.68. The van der Waals surface area contributed by atoms with Crippen molar-refractivity contribution in [2.75, 3.05) is 13.2 Å². The highest BCUT2D eigenvalue weighted by Gasteiger charge is 2.17. The second kappa shape index (κ2) is 5.72. The van der Waals surface area contributed by atoms with Gasteiger partial charge in [-0.2, -0.15) is 0 Å². The SMILES string of the molecule is C1COOOO1.O=C1CCc2ccccc21. The second-order valence-electron chi connectivity index (χ2n) is 3.36. The molecule has 0 atom stereocenters. The molecule has 0 bridgehead atoms. The first-order chi connectivity index (χ1) is 7.88. The predicted octanol–water partition coefficient (Wildman–Crippen LogP) is 1.63. The van der Waals surface area contributed by atoms with Gasteiger partial charge in [0.25, 0.3) is 0 Å². The molecule has 1 aromatic carbocycles. The van der Waals surface area contributed by atoms with Crippen LogP contribution in [0.15, 0.2) is 24.3 Å². The van der Waals surface area contributed by atoms with Crippen molar-refractivity contribution in [1.82, 2.24) is 0 Å². The summed E-state index contributed by atoms with van der Waals surface area (Å²) in [7, 11) is 0. The number of benzene rings is 1. The van der Waals surface area contributed by atoms with Crippen molar-refractivity contribution in [1.29, 1.82) is 0 Å². The number of carbonyl (C=O) groups excluding carboxylic acids is 1. The van der Waals surface area contributed by atoms with Crippen LogP contribution in [0.5, 0.6) is 0 Å². The van der Waals surface area contributed by atoms with E-state index in [1.165, 1.54) is 5.56 Å². The van der Waals surface area contributed by atoms with Gasteiger partial charge in [0.1, 0.15) is 13.2 Å². The normalized spacial score (nSPS) is 18.6. The monoisotopic (exact) mass is 224 g/mol. The van der Waals surface area contributed by atoms with Crippen LogP contribution < -0.4 is 0 Å². The first-order valence-corrected chi connectivity index (χ1v) is 5.07. The quantitative estimate of drug-likeness (QED) is 0.627. The molecule has 0 saturated carbocycles. The topological polar surface area (TPSA) is 54.0 Å². The van der Waals surface area contributed by atoms with Crippen LogP contribution in [-0.2, 0) is 26.3 Å². The van der Waals surface area contributed by atoms with Crippen molar-refractivity contribution in [3.05, 3.63) is 35.4 Å². The fourth-order valence-electron chi connectivity index (χ4n) is 1.57. The van der Waals surface area contributed by atoms with Crippen molar-refractivity contribution in [3.63, 3.8) is 0 Å². The summed E-state index contributed by atoms with van der Waals surface area (Å²) < 4.78 is 0. The van der Waals surface area contributed by atoms with Crippen LogP contribution in [0.1, 0.15) is 22.3 Å². The lowest BCUT2D eigenvalue weighted by atomic mass is 10.1. The Morgan fingerprint density at radius 2 is 1.62 bits per heavy atom. The maximum atomic E-state index is 11.1. The summed E-state index contributed by atoms with van der Waals surface area (Å²) >= 11 is 0. The van der Waals surface area contributed by atoms with Crippen LogP contribution in [0.4, 0.5) is 0 Å². The third-order valence-corrected chi connectivity index (χ3v) is 2.31. The van der Waals surface area contributed by atoms with E-state index in [2.05, 4.69) is 19.9 Å². The summed E-state index contributed by atoms with van der Waals surface area (Å²) in [5, 5.41) is 7.69. The summed E-state index contributed by atoms with van der Waals surface area (Å²) in [6.45, 7) is 0.861. The number of Topliss-reactive ketones (excluding diaryl/α,β-unsaturated/α-hetero) is 1. The lowest BCUT2D eigenvalue weighted by Crippen LogP contribution is -2.12. The van der Waals surface area contributed by atoms with Gasteiger partial charge in [0.05, 0.1) is 0 Å². The van der Waals surface area contributed by atoms with E-state index in [1.807, 2.05) is 24.3 Å². The molecule has 1 aliphatic heterocycles. The van der Waals surface area contributed by atoms with Crippen LogP contribution >= 0.6 is 0 Å². The molecular weight excluding hydrogens is 212 g/mol. The summed E-state index contributed by atoms with van der Waals surface area (Å²) in [5.41, 5.74) is 2.15. The molecule has 3 rings (SSSR count). The van der Waals surface area contributed by atoms with Crippen molar-refractivity contribution < 1.29 is 24.6 Å². The minimum atomic E-state index is 0.301. The number of aryl methyl sites for hydroxylation is 1. The average molecular weight is 224 g/mol. The predicted molar refractivity (Wildman–Crippen MR) is 53.2 cm³/mol. The summed E-state index contributed by atoms with van der Waals surface area (Å²) in [4.78, 5) is 19.5. The highest BCUT2D eigenvalue weighted by atomic mass is 17.7. The fraction of sp³-hybridized carbons (Fsp3) is 0.364. The Morgan fingerprint density at radius 3 is 2.19 bits per heavy atom. The zero-order valence-corrected chi connectivity index (χ0v) is 8.68. The molecule has 86 valence electrons. The third kappa shape index (κ3) is 2.86. The van der Waals surface area contributed by atoms with E-state index in [9.17, 15) is 4.79 Å². The molecule has 0 spiro atoms. The van der Waals surface area contributed by atoms with Crippen LogP contribution in [0.3, 0.4) is 0 Å². The summed E-state index contributed by atoms with van der Waals surface area (Å²) in [5.74, 6) is 0.301. The zero-order chi connectivity index (χ0) is 11.2. The lowest BCUT2D eigenvalue weighted by Gasteiger charge is -2.05. The van der Waals surface area contributed by atoms with Crippen molar-refractivity contribution in [2.24, 2.45) is 0 Å². The van der Waals surface area contributed by atoms with Gasteiger partial charge in [-0.3, -0.25) is 4.79 Å². The van der Waals surface area contributed by atoms with E-state index in [0.717, 1.165) is 12.0 Å². The minimum absolute atomic E-state index is 0.301. The Bertz CT molecular complexity index is 348. The fourth-order valence-corrected chi connectivity index (χ4v) is 1.57. The van der Waals surface area contributed by atoms with Gasteiger partial charge in [-0.1, -0.05) is 24.3 Å². The maximum Gasteiger partial charge on any atom is 0.163 e. The molecule has 1 fully saturated rings. The maximum absolute atomic E-state index is 11.1.